The van der Waals surface area contributed by atoms with E-state index in [2.05, 4.69) is 15.0 Å². The number of aliphatic hydroxyl groups excluding tert-OH is 2. The maximum atomic E-state index is 12.3. The highest BCUT2D eigenvalue weighted by Gasteiger charge is 2.49. The molecule has 212 valence electrons. The van der Waals surface area contributed by atoms with Crippen molar-refractivity contribution in [3.8, 4) is 0 Å². The molecule has 2 aliphatic rings. The maximum absolute atomic E-state index is 12.3. The van der Waals surface area contributed by atoms with E-state index in [0.29, 0.717) is 16.9 Å². The molecule has 0 spiro atoms. The summed E-state index contributed by atoms with van der Waals surface area (Å²) in [5.74, 6) is 0. The average Bonchev–Trinajstić information content (AvgIpc) is 3.58. The number of ether oxygens (including phenoxy) is 3. The quantitative estimate of drug-likeness (QED) is 0.185. The Bertz CT molecular complexity index is 1500. The van der Waals surface area contributed by atoms with Crippen LogP contribution in [0.4, 0.5) is 5.69 Å². The molecule has 18 heteroatoms. The molecule has 16 nitrogen and oxygen atoms in total. The number of nitrogens with two attached hydrogens (primary N) is 1. The van der Waals surface area contributed by atoms with Crippen LogP contribution in [0.15, 0.2) is 40.4 Å². The van der Waals surface area contributed by atoms with Crippen molar-refractivity contribution in [1.82, 2.24) is 24.1 Å². The van der Waals surface area contributed by atoms with Gasteiger partial charge in [0.1, 0.15) is 36.2 Å². The van der Waals surface area contributed by atoms with Crippen molar-refractivity contribution in [3.63, 3.8) is 0 Å². The van der Waals surface area contributed by atoms with Crippen LogP contribution in [0, 0.1) is 0 Å². The molecule has 3 aromatic heterocycles. The van der Waals surface area contributed by atoms with E-state index in [9.17, 15) is 24.7 Å². The Morgan fingerprint density at radius 1 is 1.23 bits per heavy atom. The number of rotatable bonds is 9. The lowest BCUT2D eigenvalue weighted by Gasteiger charge is -2.27. The molecule has 2 fully saturated rings. The standard InChI is InChI=1S/C21H27N6O10PS/c1-33-18-17(12(7-28)36-20(18)26-5-3-14(30)25-21(26)31)37-38(32,39)34-8-13-11(29)6-15(35-13)27-9-24-16-10(22)2-4-23-19(16)27/h2-5,9,11-13,15,17-18,20,28-29H,6-8H2,1H3,(H2,22,23)(H,32,39)(H,25,30,31)/t11-,12-,13-,15-,17+,18?,20-,38?/m1/s1. The maximum Gasteiger partial charge on any atom is 0.330 e. The zero-order valence-corrected chi connectivity index (χ0v) is 22.2. The normalized spacial score (nSPS) is 30.6. The van der Waals surface area contributed by atoms with E-state index >= 15 is 0 Å². The van der Waals surface area contributed by atoms with Gasteiger partial charge in [0.05, 0.1) is 31.3 Å². The second kappa shape index (κ2) is 11.1. The summed E-state index contributed by atoms with van der Waals surface area (Å²) in [7, 11) is 1.32. The third-order valence-electron chi connectivity index (χ3n) is 6.53. The monoisotopic (exact) mass is 586 g/mol. The SMILES string of the molecule is COC1[C@@H](OP(O)(=S)OC[C@H]2O[C@@H](n3cnc4c(N)ccnc43)C[C@H]2O)[C@@H](CO)O[C@H]1n1ccc(=O)[nH]c1=O. The van der Waals surface area contributed by atoms with Gasteiger partial charge in [-0.05, 0) is 17.9 Å². The van der Waals surface area contributed by atoms with E-state index in [1.165, 1.54) is 19.6 Å². The summed E-state index contributed by atoms with van der Waals surface area (Å²) in [6.07, 6.45) is -2.32. The molecule has 0 aromatic carbocycles. The number of anilines is 1. The van der Waals surface area contributed by atoms with E-state index in [4.69, 9.17) is 40.8 Å². The van der Waals surface area contributed by atoms with Crippen LogP contribution in [0.2, 0.25) is 0 Å². The van der Waals surface area contributed by atoms with Gasteiger partial charge in [-0.1, -0.05) is 0 Å². The highest BCUT2D eigenvalue weighted by Crippen LogP contribution is 2.49. The number of aromatic amines is 1. The lowest BCUT2D eigenvalue weighted by atomic mass is 10.1. The van der Waals surface area contributed by atoms with Crippen molar-refractivity contribution in [3.05, 3.63) is 51.7 Å². The Kier molecular flexibility index (Phi) is 7.98. The molecule has 2 unspecified atom stereocenters. The first-order valence-electron chi connectivity index (χ1n) is 11.8. The molecule has 5 heterocycles. The minimum Gasteiger partial charge on any atom is -0.397 e. The first-order valence-corrected chi connectivity index (χ1v) is 14.4. The van der Waals surface area contributed by atoms with Gasteiger partial charge in [-0.25, -0.2) is 14.8 Å². The molecule has 3 aromatic rings. The van der Waals surface area contributed by atoms with Gasteiger partial charge >= 0.3 is 12.4 Å². The fourth-order valence-electron chi connectivity index (χ4n) is 4.64. The summed E-state index contributed by atoms with van der Waals surface area (Å²) in [5, 5.41) is 20.4. The fraction of sp³-hybridized carbons (Fsp3) is 0.524. The summed E-state index contributed by atoms with van der Waals surface area (Å²) >= 11 is 5.18. The summed E-state index contributed by atoms with van der Waals surface area (Å²) in [6, 6.07) is 2.75. The molecule has 6 N–H and O–H groups in total. The number of aromatic nitrogens is 5. The summed E-state index contributed by atoms with van der Waals surface area (Å²) < 4.78 is 31.0. The van der Waals surface area contributed by atoms with Crippen molar-refractivity contribution in [2.45, 2.75) is 49.4 Å². The van der Waals surface area contributed by atoms with Gasteiger partial charge in [0.2, 0.25) is 0 Å². The van der Waals surface area contributed by atoms with Crippen LogP contribution in [0.3, 0.4) is 0 Å². The largest absolute Gasteiger partial charge is 0.397 e. The van der Waals surface area contributed by atoms with Crippen molar-refractivity contribution in [1.29, 1.82) is 0 Å². The van der Waals surface area contributed by atoms with Crippen LogP contribution in [-0.2, 0) is 35.1 Å². The van der Waals surface area contributed by atoms with E-state index in [0.717, 1.165) is 10.6 Å². The molecular weight excluding hydrogens is 559 g/mol. The van der Waals surface area contributed by atoms with E-state index in [1.54, 1.807) is 16.8 Å². The molecule has 0 radical (unpaired) electrons. The molecule has 2 saturated heterocycles. The Hall–Kier alpha value is -2.57. The van der Waals surface area contributed by atoms with Crippen molar-refractivity contribution in [2.75, 3.05) is 26.1 Å². The van der Waals surface area contributed by atoms with Gasteiger partial charge in [-0.15, -0.1) is 0 Å². The third-order valence-corrected chi connectivity index (χ3v) is 8.09. The topological polar surface area (TPSA) is 218 Å². The molecule has 39 heavy (non-hydrogen) atoms. The second-order valence-corrected chi connectivity index (χ2v) is 11.7. The number of pyridine rings is 1. The zero-order valence-electron chi connectivity index (χ0n) is 20.5. The molecular formula is C21H27N6O10PS. The molecule has 0 aliphatic carbocycles. The number of imidazole rings is 1. The van der Waals surface area contributed by atoms with Crippen LogP contribution >= 0.6 is 6.72 Å². The minimum atomic E-state index is -4.01. The number of nitrogens with one attached hydrogen (secondary N) is 1. The Balaban J connectivity index is 1.26. The number of methoxy groups -OCH3 is 1. The number of fused-ring (bicyclic) bond motifs is 1. The predicted octanol–water partition coefficient (Wildman–Crippen LogP) is -1.26. The molecule has 0 saturated carbocycles. The van der Waals surface area contributed by atoms with Gasteiger partial charge in [0.15, 0.2) is 11.9 Å². The molecule has 5 rings (SSSR count). The van der Waals surface area contributed by atoms with Crippen molar-refractivity contribution < 1.29 is 38.4 Å². The van der Waals surface area contributed by atoms with Gasteiger partial charge < -0.3 is 39.6 Å². The minimum absolute atomic E-state index is 0.190. The Morgan fingerprint density at radius 3 is 2.74 bits per heavy atom. The Morgan fingerprint density at radius 2 is 2.03 bits per heavy atom. The van der Waals surface area contributed by atoms with Crippen LogP contribution in [0.1, 0.15) is 18.9 Å². The summed E-state index contributed by atoms with van der Waals surface area (Å²) in [4.78, 5) is 45.2. The number of H-pyrrole nitrogens is 1. The van der Waals surface area contributed by atoms with Gasteiger partial charge in [0.25, 0.3) is 5.56 Å². The van der Waals surface area contributed by atoms with Crippen LogP contribution in [0.25, 0.3) is 11.2 Å². The lowest BCUT2D eigenvalue weighted by molar-refractivity contribution is -0.0625. The van der Waals surface area contributed by atoms with Gasteiger partial charge in [0, 0.05) is 32.0 Å². The van der Waals surface area contributed by atoms with E-state index in [1.807, 2.05) is 0 Å². The van der Waals surface area contributed by atoms with Crippen LogP contribution < -0.4 is 17.0 Å². The highest BCUT2D eigenvalue weighted by molar-refractivity contribution is 8.07. The van der Waals surface area contributed by atoms with Crippen molar-refractivity contribution >= 4 is 35.4 Å². The van der Waals surface area contributed by atoms with Crippen LogP contribution in [0.5, 0.6) is 0 Å². The number of aliphatic hydroxyl groups is 2. The summed E-state index contributed by atoms with van der Waals surface area (Å²) in [5.41, 5.74) is 6.01. The second-order valence-electron chi connectivity index (χ2n) is 8.96. The molecule has 0 amide bonds. The van der Waals surface area contributed by atoms with Gasteiger partial charge in [-0.3, -0.25) is 23.4 Å². The number of nitrogen functional groups attached to an aromatic ring is 1. The first-order chi connectivity index (χ1) is 18.6. The zero-order chi connectivity index (χ0) is 27.9. The molecule has 8 atom stereocenters. The van der Waals surface area contributed by atoms with Gasteiger partial charge in [-0.2, -0.15) is 0 Å². The number of hydrogen-bond acceptors (Lipinski definition) is 13. The number of nitrogens with zero attached hydrogens (tertiary/aromatic N) is 4. The number of hydrogen-bond donors (Lipinski definition) is 5. The highest BCUT2D eigenvalue weighted by atomic mass is 32.5. The smallest absolute Gasteiger partial charge is 0.330 e. The Labute approximate surface area is 225 Å². The third kappa shape index (κ3) is 5.55. The predicted molar refractivity (Wildman–Crippen MR) is 137 cm³/mol. The fourth-order valence-corrected chi connectivity index (χ4v) is 6.08. The van der Waals surface area contributed by atoms with E-state index < -0.39 is 67.6 Å². The first kappa shape index (κ1) is 28.0. The molecule has 2 aliphatic heterocycles. The molecule has 0 bridgehead atoms. The van der Waals surface area contributed by atoms with Crippen LogP contribution in [-0.4, -0.2) is 90.0 Å². The van der Waals surface area contributed by atoms with E-state index in [-0.39, 0.29) is 13.0 Å². The average molecular weight is 587 g/mol. The lowest BCUT2D eigenvalue weighted by Crippen LogP contribution is -2.40. The summed E-state index contributed by atoms with van der Waals surface area (Å²) in [6.45, 7) is -4.88. The van der Waals surface area contributed by atoms with Crippen molar-refractivity contribution in [2.24, 2.45) is 0 Å².